The van der Waals surface area contributed by atoms with Gasteiger partial charge in [-0.1, -0.05) is 0 Å². The average Bonchev–Trinajstić information content (AvgIpc) is 2.43. The number of rotatable bonds is 4. The van der Waals surface area contributed by atoms with Crippen molar-refractivity contribution in [1.29, 1.82) is 0 Å². The molecule has 1 aromatic rings. The Bertz CT molecular complexity index is 400. The molecule has 0 aliphatic carbocycles. The van der Waals surface area contributed by atoms with Crippen LogP contribution in [-0.2, 0) is 0 Å². The van der Waals surface area contributed by atoms with E-state index < -0.39 is 0 Å². The van der Waals surface area contributed by atoms with Gasteiger partial charge in [-0.25, -0.2) is 9.37 Å². The predicted molar refractivity (Wildman–Crippen MR) is 76.1 cm³/mol. The Morgan fingerprint density at radius 3 is 3.00 bits per heavy atom. The fraction of sp³-hybridized carbons (Fsp3) is 0.583. The van der Waals surface area contributed by atoms with Gasteiger partial charge in [0.15, 0.2) is 5.82 Å². The van der Waals surface area contributed by atoms with Gasteiger partial charge in [0, 0.05) is 40.3 Å². The number of hydrogen-bond donors (Lipinski definition) is 1. The summed E-state index contributed by atoms with van der Waals surface area (Å²) in [6.07, 6.45) is 1.60. The third-order valence-electron chi connectivity index (χ3n) is 2.94. The molecule has 1 fully saturated rings. The van der Waals surface area contributed by atoms with Crippen LogP contribution in [0.4, 0.5) is 4.39 Å². The molecule has 1 N–H and O–H groups in total. The maximum atomic E-state index is 14.2. The van der Waals surface area contributed by atoms with Gasteiger partial charge in [-0.2, -0.15) is 23.5 Å². The molecule has 2 rings (SSSR count). The van der Waals surface area contributed by atoms with Gasteiger partial charge < -0.3 is 10.1 Å². The number of nitrogens with one attached hydrogen (secondary N) is 1. The zero-order valence-electron chi connectivity index (χ0n) is 10.5. The Morgan fingerprint density at radius 1 is 1.56 bits per heavy atom. The number of halogens is 1. The maximum Gasteiger partial charge on any atom is 0.250 e. The molecule has 0 spiro atoms. The molecule has 0 bridgehead atoms. The molecule has 2 unspecified atom stereocenters. The molecule has 0 amide bonds. The van der Waals surface area contributed by atoms with E-state index in [1.807, 2.05) is 30.6 Å². The van der Waals surface area contributed by atoms with E-state index in [9.17, 15) is 4.39 Å². The smallest absolute Gasteiger partial charge is 0.250 e. The minimum atomic E-state index is -0.351. The quantitative estimate of drug-likeness (QED) is 0.920. The third-order valence-corrected chi connectivity index (χ3v) is 5.80. The topological polar surface area (TPSA) is 34.2 Å². The summed E-state index contributed by atoms with van der Waals surface area (Å²) in [6.45, 7) is 0. The van der Waals surface area contributed by atoms with E-state index in [4.69, 9.17) is 4.74 Å². The van der Waals surface area contributed by atoms with Gasteiger partial charge in [0.1, 0.15) is 0 Å². The van der Waals surface area contributed by atoms with Gasteiger partial charge in [0.05, 0.1) is 7.11 Å². The van der Waals surface area contributed by atoms with Crippen LogP contribution in [0, 0.1) is 5.82 Å². The summed E-state index contributed by atoms with van der Waals surface area (Å²) in [7, 11) is 3.31. The van der Waals surface area contributed by atoms with Crippen molar-refractivity contribution >= 4 is 23.5 Å². The highest BCUT2D eigenvalue weighted by atomic mass is 32.2. The lowest BCUT2D eigenvalue weighted by Crippen LogP contribution is -2.32. The molecule has 100 valence electrons. The minimum absolute atomic E-state index is 0.000278. The number of methoxy groups -OCH3 is 1. The molecule has 2 heterocycles. The summed E-state index contributed by atoms with van der Waals surface area (Å²) < 4.78 is 19.2. The maximum absolute atomic E-state index is 14.2. The second kappa shape index (κ2) is 6.63. The molecule has 2 atom stereocenters. The van der Waals surface area contributed by atoms with Crippen LogP contribution in [0.25, 0.3) is 0 Å². The van der Waals surface area contributed by atoms with E-state index >= 15 is 0 Å². The minimum Gasteiger partial charge on any atom is -0.479 e. The van der Waals surface area contributed by atoms with Gasteiger partial charge in [0.2, 0.25) is 5.88 Å². The number of pyridine rings is 1. The summed E-state index contributed by atoms with van der Waals surface area (Å²) >= 11 is 3.83. The highest BCUT2D eigenvalue weighted by Gasteiger charge is 2.28. The molecular formula is C12H17FN2OS2. The van der Waals surface area contributed by atoms with E-state index in [2.05, 4.69) is 10.3 Å². The van der Waals surface area contributed by atoms with Crippen molar-refractivity contribution in [1.82, 2.24) is 10.3 Å². The summed E-state index contributed by atoms with van der Waals surface area (Å²) in [5, 5.41) is 3.61. The molecule has 3 nitrogen and oxygen atoms in total. The van der Waals surface area contributed by atoms with Crippen molar-refractivity contribution in [2.45, 2.75) is 11.3 Å². The largest absolute Gasteiger partial charge is 0.479 e. The zero-order valence-corrected chi connectivity index (χ0v) is 12.1. The number of thioether (sulfide) groups is 2. The fourth-order valence-electron chi connectivity index (χ4n) is 2.06. The molecule has 0 aromatic carbocycles. The van der Waals surface area contributed by atoms with Crippen molar-refractivity contribution in [2.24, 2.45) is 0 Å². The summed E-state index contributed by atoms with van der Waals surface area (Å²) in [5.74, 6) is 3.06. The summed E-state index contributed by atoms with van der Waals surface area (Å²) in [4.78, 5) is 3.88. The number of hydrogen-bond acceptors (Lipinski definition) is 5. The third kappa shape index (κ3) is 2.92. The summed E-state index contributed by atoms with van der Waals surface area (Å²) in [5.41, 5.74) is 0.643. The van der Waals surface area contributed by atoms with Gasteiger partial charge >= 0.3 is 0 Å². The number of ether oxygens (including phenoxy) is 1. The molecule has 18 heavy (non-hydrogen) atoms. The molecule has 1 aliphatic rings. The predicted octanol–water partition coefficient (Wildman–Crippen LogP) is 2.34. The Balaban J connectivity index is 2.26. The van der Waals surface area contributed by atoms with Crippen molar-refractivity contribution in [3.63, 3.8) is 0 Å². The zero-order chi connectivity index (χ0) is 13.0. The second-order valence-corrected chi connectivity index (χ2v) is 6.47. The Hall–Kier alpha value is -0.460. The first-order valence-electron chi connectivity index (χ1n) is 5.83. The normalized spacial score (nSPS) is 21.6. The van der Waals surface area contributed by atoms with Gasteiger partial charge in [-0.3, -0.25) is 0 Å². The van der Waals surface area contributed by atoms with Gasteiger partial charge in [-0.05, 0) is 13.1 Å². The van der Waals surface area contributed by atoms with E-state index in [1.165, 1.54) is 12.9 Å². The Kier molecular flexibility index (Phi) is 5.14. The van der Waals surface area contributed by atoms with E-state index in [-0.39, 0.29) is 17.7 Å². The van der Waals surface area contributed by atoms with Crippen molar-refractivity contribution in [2.75, 3.05) is 31.4 Å². The van der Waals surface area contributed by atoms with Crippen LogP contribution >= 0.6 is 23.5 Å². The highest BCUT2D eigenvalue weighted by molar-refractivity contribution is 8.06. The molecule has 6 heteroatoms. The second-order valence-electron chi connectivity index (χ2n) is 3.97. The molecular weight excluding hydrogens is 271 g/mol. The van der Waals surface area contributed by atoms with E-state index in [0.717, 1.165) is 11.5 Å². The van der Waals surface area contributed by atoms with E-state index in [1.54, 1.807) is 12.3 Å². The SMILES string of the molecule is CNC(c1ccnc(OC)c1F)C1CSCCS1. The monoisotopic (exact) mass is 288 g/mol. The van der Waals surface area contributed by atoms with Crippen molar-refractivity contribution < 1.29 is 9.13 Å². The first-order chi connectivity index (χ1) is 8.77. The van der Waals surface area contributed by atoms with Crippen LogP contribution in [0.15, 0.2) is 12.3 Å². The Labute approximate surface area is 115 Å². The highest BCUT2D eigenvalue weighted by Crippen LogP contribution is 2.35. The summed E-state index contributed by atoms with van der Waals surface area (Å²) in [6, 6.07) is 1.73. The molecule has 0 radical (unpaired) electrons. The van der Waals surface area contributed by atoms with Crippen LogP contribution in [0.1, 0.15) is 11.6 Å². The van der Waals surface area contributed by atoms with E-state index in [0.29, 0.717) is 10.8 Å². The first kappa shape index (κ1) is 14.0. The van der Waals surface area contributed by atoms with Gasteiger partial charge in [-0.15, -0.1) is 0 Å². The molecule has 1 aromatic heterocycles. The van der Waals surface area contributed by atoms with Crippen LogP contribution < -0.4 is 10.1 Å². The standard InChI is InChI=1S/C12H17FN2OS2/c1-14-11(9-7-17-5-6-18-9)8-3-4-15-12(16-2)10(8)13/h3-4,9,11,14H,5-7H2,1-2H3. The van der Waals surface area contributed by atoms with Crippen molar-refractivity contribution in [3.05, 3.63) is 23.6 Å². The lowest BCUT2D eigenvalue weighted by molar-refractivity contribution is 0.363. The van der Waals surface area contributed by atoms with Crippen molar-refractivity contribution in [3.8, 4) is 5.88 Å². The Morgan fingerprint density at radius 2 is 2.39 bits per heavy atom. The molecule has 0 saturated carbocycles. The lowest BCUT2D eigenvalue weighted by Gasteiger charge is -2.29. The molecule has 1 saturated heterocycles. The number of aromatic nitrogens is 1. The fourth-order valence-corrected chi connectivity index (χ4v) is 4.96. The number of nitrogens with zero attached hydrogens (tertiary/aromatic N) is 1. The van der Waals surface area contributed by atoms with Crippen LogP contribution in [0.3, 0.4) is 0 Å². The molecule has 1 aliphatic heterocycles. The lowest BCUT2D eigenvalue weighted by atomic mass is 10.1. The average molecular weight is 288 g/mol. The van der Waals surface area contributed by atoms with Gasteiger partial charge in [0.25, 0.3) is 0 Å². The van der Waals surface area contributed by atoms with Crippen LogP contribution in [0.2, 0.25) is 0 Å². The van der Waals surface area contributed by atoms with Crippen LogP contribution in [-0.4, -0.2) is 41.6 Å². The van der Waals surface area contributed by atoms with Crippen LogP contribution in [0.5, 0.6) is 5.88 Å². The first-order valence-corrected chi connectivity index (χ1v) is 8.03.